The average molecular weight is 460 g/mol. The maximum absolute atomic E-state index is 14.6. The average Bonchev–Trinajstić information content (AvgIpc) is 3.25. The SMILES string of the molecule is CCc1ccc(S(=O)(=O)N2CC3C(CNc4ccc(N5CCOCC5)c(F)c4)C3C2)cc1. The molecule has 2 aromatic carbocycles. The minimum atomic E-state index is -3.43. The standard InChI is InChI=1S/C24H30FN3O3S/c1-2-17-3-6-19(7-4-17)32(29,30)28-15-21-20(22(21)16-28)14-26-18-5-8-24(23(25)13-18)27-9-11-31-12-10-27/h3-8,13,20-22,26H,2,9-12,14-16H2,1H3. The van der Waals surface area contributed by atoms with Gasteiger partial charge >= 0.3 is 0 Å². The minimum absolute atomic E-state index is 0.223. The number of rotatable bonds is 7. The molecule has 2 heterocycles. The molecule has 2 aromatic rings. The summed E-state index contributed by atoms with van der Waals surface area (Å²) in [7, 11) is -3.43. The van der Waals surface area contributed by atoms with Crippen molar-refractivity contribution in [3.8, 4) is 0 Å². The monoisotopic (exact) mass is 459 g/mol. The van der Waals surface area contributed by atoms with Gasteiger partial charge in [0.2, 0.25) is 10.0 Å². The molecule has 5 rings (SSSR count). The number of nitrogens with zero attached hydrogens (tertiary/aromatic N) is 2. The lowest BCUT2D eigenvalue weighted by atomic mass is 10.2. The van der Waals surface area contributed by atoms with Crippen LogP contribution < -0.4 is 10.2 Å². The normalized spacial score (nSPS) is 25.6. The van der Waals surface area contributed by atoms with Crippen LogP contribution in [0.1, 0.15) is 12.5 Å². The molecule has 3 aliphatic rings. The Labute approximate surface area is 189 Å². The Balaban J connectivity index is 1.14. The van der Waals surface area contributed by atoms with Gasteiger partial charge in [0, 0.05) is 38.4 Å². The summed E-state index contributed by atoms with van der Waals surface area (Å²) >= 11 is 0. The number of ether oxygens (including phenoxy) is 1. The molecular weight excluding hydrogens is 429 g/mol. The first-order chi connectivity index (χ1) is 15.5. The lowest BCUT2D eigenvalue weighted by Crippen LogP contribution is -2.36. The Morgan fingerprint density at radius 3 is 2.38 bits per heavy atom. The van der Waals surface area contributed by atoms with Gasteiger partial charge in [-0.15, -0.1) is 0 Å². The summed E-state index contributed by atoms with van der Waals surface area (Å²) < 4.78 is 47.4. The molecule has 1 N–H and O–H groups in total. The lowest BCUT2D eigenvalue weighted by Gasteiger charge is -2.29. The number of halogens is 1. The zero-order valence-electron chi connectivity index (χ0n) is 18.3. The summed E-state index contributed by atoms with van der Waals surface area (Å²) in [4.78, 5) is 2.39. The molecule has 172 valence electrons. The van der Waals surface area contributed by atoms with Crippen LogP contribution in [0.2, 0.25) is 0 Å². The predicted molar refractivity (Wildman–Crippen MR) is 123 cm³/mol. The maximum atomic E-state index is 14.6. The quantitative estimate of drug-likeness (QED) is 0.689. The molecule has 0 radical (unpaired) electrons. The van der Waals surface area contributed by atoms with Gasteiger partial charge in [-0.05, 0) is 60.1 Å². The zero-order chi connectivity index (χ0) is 22.3. The van der Waals surface area contributed by atoms with Crippen LogP contribution >= 0.6 is 0 Å². The largest absolute Gasteiger partial charge is 0.385 e. The molecule has 2 atom stereocenters. The lowest BCUT2D eigenvalue weighted by molar-refractivity contribution is 0.122. The van der Waals surface area contributed by atoms with E-state index in [1.54, 1.807) is 22.5 Å². The first kappa shape index (κ1) is 21.7. The van der Waals surface area contributed by atoms with Gasteiger partial charge in [-0.2, -0.15) is 4.31 Å². The Morgan fingerprint density at radius 2 is 1.75 bits per heavy atom. The van der Waals surface area contributed by atoms with Crippen molar-refractivity contribution in [2.24, 2.45) is 17.8 Å². The van der Waals surface area contributed by atoms with E-state index < -0.39 is 10.0 Å². The molecule has 2 aliphatic heterocycles. The van der Waals surface area contributed by atoms with Gasteiger partial charge in [0.05, 0.1) is 23.8 Å². The number of fused-ring (bicyclic) bond motifs is 1. The van der Waals surface area contributed by atoms with Crippen molar-refractivity contribution < 1.29 is 17.5 Å². The molecule has 32 heavy (non-hydrogen) atoms. The number of anilines is 2. The van der Waals surface area contributed by atoms with Crippen molar-refractivity contribution in [1.29, 1.82) is 0 Å². The fourth-order valence-corrected chi connectivity index (χ4v) is 6.58. The van der Waals surface area contributed by atoms with Crippen LogP contribution in [-0.4, -0.2) is 58.7 Å². The third-order valence-electron chi connectivity index (χ3n) is 7.15. The minimum Gasteiger partial charge on any atom is -0.385 e. The third kappa shape index (κ3) is 4.11. The van der Waals surface area contributed by atoms with E-state index in [2.05, 4.69) is 12.2 Å². The smallest absolute Gasteiger partial charge is 0.243 e. The Morgan fingerprint density at radius 1 is 1.06 bits per heavy atom. The number of benzene rings is 2. The molecular formula is C24H30FN3O3S. The summed E-state index contributed by atoms with van der Waals surface area (Å²) in [5, 5.41) is 3.35. The Hall–Kier alpha value is -2.16. The highest BCUT2D eigenvalue weighted by molar-refractivity contribution is 7.89. The fraction of sp³-hybridized carbons (Fsp3) is 0.500. The van der Waals surface area contributed by atoms with Crippen molar-refractivity contribution in [2.75, 3.05) is 56.2 Å². The highest BCUT2D eigenvalue weighted by Crippen LogP contribution is 2.52. The zero-order valence-corrected chi connectivity index (χ0v) is 19.2. The number of nitrogens with one attached hydrogen (secondary N) is 1. The van der Waals surface area contributed by atoms with E-state index in [0.717, 1.165) is 24.2 Å². The van der Waals surface area contributed by atoms with Crippen molar-refractivity contribution >= 4 is 21.4 Å². The van der Waals surface area contributed by atoms with E-state index in [-0.39, 0.29) is 5.82 Å². The van der Waals surface area contributed by atoms with Gasteiger partial charge in [-0.1, -0.05) is 19.1 Å². The van der Waals surface area contributed by atoms with E-state index in [1.807, 2.05) is 29.2 Å². The number of hydrogen-bond acceptors (Lipinski definition) is 5. The molecule has 6 nitrogen and oxygen atoms in total. The second-order valence-corrected chi connectivity index (χ2v) is 10.9. The number of sulfonamides is 1. The van der Waals surface area contributed by atoms with Crippen LogP contribution in [0.25, 0.3) is 0 Å². The molecule has 2 unspecified atom stereocenters. The molecule has 0 bridgehead atoms. The summed E-state index contributed by atoms with van der Waals surface area (Å²) in [5.74, 6) is 0.972. The summed E-state index contributed by atoms with van der Waals surface area (Å²) in [6.07, 6.45) is 0.892. The molecule has 3 fully saturated rings. The van der Waals surface area contributed by atoms with Crippen molar-refractivity contribution in [3.63, 3.8) is 0 Å². The predicted octanol–water partition coefficient (Wildman–Crippen LogP) is 3.20. The van der Waals surface area contributed by atoms with Crippen LogP contribution in [0, 0.1) is 23.6 Å². The highest BCUT2D eigenvalue weighted by atomic mass is 32.2. The number of morpholine rings is 1. The van der Waals surface area contributed by atoms with E-state index in [4.69, 9.17) is 4.74 Å². The van der Waals surface area contributed by atoms with E-state index in [0.29, 0.717) is 67.7 Å². The van der Waals surface area contributed by atoms with Crippen molar-refractivity contribution in [2.45, 2.75) is 18.2 Å². The molecule has 1 aliphatic carbocycles. The van der Waals surface area contributed by atoms with Gasteiger partial charge in [0.1, 0.15) is 5.82 Å². The molecule has 8 heteroatoms. The van der Waals surface area contributed by atoms with Crippen molar-refractivity contribution in [3.05, 3.63) is 53.8 Å². The van der Waals surface area contributed by atoms with E-state index >= 15 is 0 Å². The highest BCUT2D eigenvalue weighted by Gasteiger charge is 2.57. The Bertz CT molecular complexity index is 1060. The Kier molecular flexibility index (Phi) is 5.86. The summed E-state index contributed by atoms with van der Waals surface area (Å²) in [6, 6.07) is 12.5. The first-order valence-electron chi connectivity index (χ1n) is 11.4. The number of hydrogen-bond donors (Lipinski definition) is 1. The van der Waals surface area contributed by atoms with Crippen LogP contribution in [0.4, 0.5) is 15.8 Å². The summed E-state index contributed by atoms with van der Waals surface area (Å²) in [5.41, 5.74) is 2.52. The van der Waals surface area contributed by atoms with Gasteiger partial charge in [0.25, 0.3) is 0 Å². The number of piperidine rings is 1. The van der Waals surface area contributed by atoms with Gasteiger partial charge in [0.15, 0.2) is 0 Å². The van der Waals surface area contributed by atoms with Crippen molar-refractivity contribution in [1.82, 2.24) is 4.31 Å². The van der Waals surface area contributed by atoms with Gasteiger partial charge in [-0.25, -0.2) is 12.8 Å². The molecule has 0 amide bonds. The van der Waals surface area contributed by atoms with Crippen LogP contribution in [-0.2, 0) is 21.2 Å². The van der Waals surface area contributed by atoms with Crippen LogP contribution in [0.3, 0.4) is 0 Å². The number of aryl methyl sites for hydroxylation is 1. The van der Waals surface area contributed by atoms with Crippen LogP contribution in [0.15, 0.2) is 47.4 Å². The van der Waals surface area contributed by atoms with Gasteiger partial charge < -0.3 is 15.0 Å². The molecule has 2 saturated heterocycles. The fourth-order valence-electron chi connectivity index (χ4n) is 5.07. The molecule has 0 spiro atoms. The third-order valence-corrected chi connectivity index (χ3v) is 8.99. The second kappa shape index (κ2) is 8.65. The maximum Gasteiger partial charge on any atom is 0.243 e. The van der Waals surface area contributed by atoms with Crippen LogP contribution in [0.5, 0.6) is 0 Å². The second-order valence-electron chi connectivity index (χ2n) is 8.96. The van der Waals surface area contributed by atoms with Gasteiger partial charge in [-0.3, -0.25) is 0 Å². The first-order valence-corrected chi connectivity index (χ1v) is 12.9. The van der Waals surface area contributed by atoms with E-state index in [9.17, 15) is 12.8 Å². The summed E-state index contributed by atoms with van der Waals surface area (Å²) in [6.45, 7) is 6.59. The topological polar surface area (TPSA) is 61.9 Å². The van der Waals surface area contributed by atoms with E-state index in [1.165, 1.54) is 0 Å². The molecule has 0 aromatic heterocycles. The molecule has 1 saturated carbocycles.